The second kappa shape index (κ2) is 9.90. The van der Waals surface area contributed by atoms with Gasteiger partial charge in [-0.15, -0.1) is 0 Å². The molecule has 0 radical (unpaired) electrons. The van der Waals surface area contributed by atoms with Crippen LogP contribution in [-0.2, 0) is 11.3 Å². The highest BCUT2D eigenvalue weighted by atomic mass is 79.9. The van der Waals surface area contributed by atoms with Gasteiger partial charge in [-0.25, -0.2) is 0 Å². The number of rotatable bonds is 7. The van der Waals surface area contributed by atoms with Gasteiger partial charge in [0.1, 0.15) is 0 Å². The molecule has 8 heteroatoms. The molecule has 0 bridgehead atoms. The molecular formula is C22H21BrClNO4S. The molecule has 1 fully saturated rings. The van der Waals surface area contributed by atoms with Crippen LogP contribution >= 0.6 is 39.3 Å². The molecule has 0 unspecified atom stereocenters. The van der Waals surface area contributed by atoms with Crippen molar-refractivity contribution in [2.24, 2.45) is 0 Å². The van der Waals surface area contributed by atoms with Crippen LogP contribution in [-0.4, -0.2) is 29.3 Å². The number of nitrogens with zero attached hydrogens (tertiary/aromatic N) is 1. The summed E-state index contributed by atoms with van der Waals surface area (Å²) in [5, 5.41) is 0.0824. The average Bonchev–Trinajstić information content (AvgIpc) is 2.98. The lowest BCUT2D eigenvalue weighted by Crippen LogP contribution is -2.27. The molecule has 1 heterocycles. The van der Waals surface area contributed by atoms with E-state index in [1.807, 2.05) is 38.1 Å². The summed E-state index contributed by atoms with van der Waals surface area (Å²) < 4.78 is 12.2. The monoisotopic (exact) mass is 509 g/mol. The standard InChI is InChI=1S/C22H21BrClNO4S/c1-4-13(2)29-20-17(24)9-15(10-18(20)28-3)11-19-21(26)25(22(27)30-19)12-14-5-7-16(23)8-6-14/h5-11,13H,4,12H2,1-3H3/b19-11-/t13-/m0/s1. The summed E-state index contributed by atoms with van der Waals surface area (Å²) in [5.41, 5.74) is 1.53. The molecule has 2 amide bonds. The van der Waals surface area contributed by atoms with Gasteiger partial charge in [-0.2, -0.15) is 0 Å². The number of carbonyl (C=O) groups is 2. The van der Waals surface area contributed by atoms with Gasteiger partial charge in [0.2, 0.25) is 0 Å². The molecule has 1 atom stereocenters. The third-order valence-electron chi connectivity index (χ3n) is 4.57. The van der Waals surface area contributed by atoms with E-state index in [2.05, 4.69) is 15.9 Å². The molecule has 1 saturated heterocycles. The Morgan fingerprint density at radius 2 is 1.93 bits per heavy atom. The second-order valence-corrected chi connectivity index (χ2v) is 9.08. The summed E-state index contributed by atoms with van der Waals surface area (Å²) in [6.07, 6.45) is 2.46. The molecule has 1 aliphatic heterocycles. The maximum atomic E-state index is 12.8. The summed E-state index contributed by atoms with van der Waals surface area (Å²) >= 11 is 10.7. The maximum absolute atomic E-state index is 12.8. The zero-order chi connectivity index (χ0) is 21.8. The van der Waals surface area contributed by atoms with Gasteiger partial charge in [0.15, 0.2) is 11.5 Å². The Morgan fingerprint density at radius 3 is 2.57 bits per heavy atom. The van der Waals surface area contributed by atoms with Gasteiger partial charge in [-0.3, -0.25) is 14.5 Å². The minimum atomic E-state index is -0.331. The van der Waals surface area contributed by atoms with Crippen molar-refractivity contribution in [2.45, 2.75) is 32.9 Å². The van der Waals surface area contributed by atoms with Crippen molar-refractivity contribution >= 4 is 56.5 Å². The number of methoxy groups -OCH3 is 1. The normalized spacial score (nSPS) is 16.3. The first-order valence-electron chi connectivity index (χ1n) is 9.36. The molecule has 5 nitrogen and oxygen atoms in total. The van der Waals surface area contributed by atoms with Gasteiger partial charge in [0.25, 0.3) is 11.1 Å². The van der Waals surface area contributed by atoms with Crippen LogP contribution in [0.2, 0.25) is 5.02 Å². The number of carbonyl (C=O) groups excluding carboxylic acids is 2. The Balaban J connectivity index is 1.84. The third-order valence-corrected chi connectivity index (χ3v) is 6.29. The lowest BCUT2D eigenvalue weighted by atomic mass is 10.1. The summed E-state index contributed by atoms with van der Waals surface area (Å²) in [7, 11) is 1.53. The fraction of sp³-hybridized carbons (Fsp3) is 0.273. The predicted octanol–water partition coefficient (Wildman–Crippen LogP) is 6.52. The van der Waals surface area contributed by atoms with Crippen molar-refractivity contribution in [1.29, 1.82) is 0 Å². The lowest BCUT2D eigenvalue weighted by Gasteiger charge is -2.17. The molecule has 3 rings (SSSR count). The van der Waals surface area contributed by atoms with Gasteiger partial charge in [0.05, 0.1) is 29.7 Å². The molecule has 30 heavy (non-hydrogen) atoms. The van der Waals surface area contributed by atoms with Crippen molar-refractivity contribution in [3.05, 3.63) is 61.9 Å². The largest absolute Gasteiger partial charge is 0.493 e. The number of benzene rings is 2. The minimum absolute atomic E-state index is 0.0163. The van der Waals surface area contributed by atoms with Gasteiger partial charge in [0, 0.05) is 4.47 Å². The quantitative estimate of drug-likeness (QED) is 0.397. The van der Waals surface area contributed by atoms with Crippen LogP contribution in [0.15, 0.2) is 45.8 Å². The molecule has 158 valence electrons. The Morgan fingerprint density at radius 1 is 1.23 bits per heavy atom. The Bertz CT molecular complexity index is 993. The van der Waals surface area contributed by atoms with Crippen molar-refractivity contribution < 1.29 is 19.1 Å². The zero-order valence-electron chi connectivity index (χ0n) is 16.8. The maximum Gasteiger partial charge on any atom is 0.293 e. The van der Waals surface area contributed by atoms with Crippen molar-refractivity contribution in [2.75, 3.05) is 7.11 Å². The first-order chi connectivity index (χ1) is 14.3. The third kappa shape index (κ3) is 5.20. The second-order valence-electron chi connectivity index (χ2n) is 6.77. The average molecular weight is 511 g/mol. The van der Waals surface area contributed by atoms with E-state index in [4.69, 9.17) is 21.1 Å². The molecule has 0 N–H and O–H groups in total. The molecule has 0 saturated carbocycles. The van der Waals surface area contributed by atoms with Crippen molar-refractivity contribution in [3.8, 4) is 11.5 Å². The van der Waals surface area contributed by atoms with Gasteiger partial charge < -0.3 is 9.47 Å². The van der Waals surface area contributed by atoms with E-state index < -0.39 is 0 Å². The van der Waals surface area contributed by atoms with Crippen LogP contribution in [0.4, 0.5) is 4.79 Å². The number of imide groups is 1. The number of thioether (sulfide) groups is 1. The topological polar surface area (TPSA) is 55.8 Å². The van der Waals surface area contributed by atoms with E-state index in [0.29, 0.717) is 27.0 Å². The van der Waals surface area contributed by atoms with Crippen molar-refractivity contribution in [3.63, 3.8) is 0 Å². The van der Waals surface area contributed by atoms with Gasteiger partial charge >= 0.3 is 0 Å². The number of halogens is 2. The number of ether oxygens (including phenoxy) is 2. The highest BCUT2D eigenvalue weighted by molar-refractivity contribution is 9.10. The van der Waals surface area contributed by atoms with Crippen LogP contribution in [0, 0.1) is 0 Å². The first-order valence-corrected chi connectivity index (χ1v) is 11.3. The van der Waals surface area contributed by atoms with E-state index in [9.17, 15) is 9.59 Å². The van der Waals surface area contributed by atoms with Crippen LogP contribution in [0.25, 0.3) is 6.08 Å². The Labute approximate surface area is 193 Å². The van der Waals surface area contributed by atoms with Crippen LogP contribution in [0.1, 0.15) is 31.4 Å². The lowest BCUT2D eigenvalue weighted by molar-refractivity contribution is -0.123. The van der Waals surface area contributed by atoms with Crippen LogP contribution in [0.5, 0.6) is 11.5 Å². The predicted molar refractivity (Wildman–Crippen MR) is 124 cm³/mol. The van der Waals surface area contributed by atoms with Crippen LogP contribution < -0.4 is 9.47 Å². The SMILES string of the molecule is CC[C@H](C)Oc1c(Cl)cc(/C=C2\SC(=O)N(Cc3ccc(Br)cc3)C2=O)cc1OC. The van der Waals surface area contributed by atoms with E-state index in [1.165, 1.54) is 12.0 Å². The number of amides is 2. The van der Waals surface area contributed by atoms with E-state index in [0.717, 1.165) is 28.2 Å². The van der Waals surface area contributed by atoms with Crippen molar-refractivity contribution in [1.82, 2.24) is 4.90 Å². The summed E-state index contributed by atoms with van der Waals surface area (Å²) in [6, 6.07) is 10.9. The molecule has 2 aromatic carbocycles. The molecule has 0 aliphatic carbocycles. The minimum Gasteiger partial charge on any atom is -0.493 e. The number of hydrogen-bond donors (Lipinski definition) is 0. The summed E-state index contributed by atoms with van der Waals surface area (Å²) in [6.45, 7) is 4.19. The molecule has 1 aliphatic rings. The van der Waals surface area contributed by atoms with Gasteiger partial charge in [-0.05, 0) is 66.6 Å². The smallest absolute Gasteiger partial charge is 0.293 e. The Hall–Kier alpha value is -1.96. The molecular weight excluding hydrogens is 490 g/mol. The zero-order valence-corrected chi connectivity index (χ0v) is 19.9. The molecule has 2 aromatic rings. The summed E-state index contributed by atoms with van der Waals surface area (Å²) in [5.74, 6) is 0.611. The van der Waals surface area contributed by atoms with E-state index in [-0.39, 0.29) is 23.8 Å². The number of hydrogen-bond acceptors (Lipinski definition) is 5. The van der Waals surface area contributed by atoms with Crippen LogP contribution in [0.3, 0.4) is 0 Å². The Kier molecular flexibility index (Phi) is 7.50. The van der Waals surface area contributed by atoms with Gasteiger partial charge in [-0.1, -0.05) is 46.6 Å². The fourth-order valence-electron chi connectivity index (χ4n) is 2.78. The molecule has 0 spiro atoms. The fourth-order valence-corrected chi connectivity index (χ4v) is 4.15. The highest BCUT2D eigenvalue weighted by Gasteiger charge is 2.35. The first kappa shape index (κ1) is 22.7. The molecule has 0 aromatic heterocycles. The van der Waals surface area contributed by atoms with E-state index in [1.54, 1.807) is 18.2 Å². The highest BCUT2D eigenvalue weighted by Crippen LogP contribution is 2.39. The summed E-state index contributed by atoms with van der Waals surface area (Å²) in [4.78, 5) is 26.8. The van der Waals surface area contributed by atoms with E-state index >= 15 is 0 Å².